The Labute approximate surface area is 168 Å². The van der Waals surface area contributed by atoms with Crippen molar-refractivity contribution in [3.05, 3.63) is 58.6 Å². The molecule has 0 aromatic heterocycles. The summed E-state index contributed by atoms with van der Waals surface area (Å²) in [6.07, 6.45) is 0. The van der Waals surface area contributed by atoms with Gasteiger partial charge in [-0.05, 0) is 24.3 Å². The third-order valence-electron chi connectivity index (χ3n) is 4.21. The van der Waals surface area contributed by atoms with Gasteiger partial charge in [-0.2, -0.15) is 4.31 Å². The van der Waals surface area contributed by atoms with E-state index in [4.69, 9.17) is 27.9 Å². The van der Waals surface area contributed by atoms with Gasteiger partial charge in [-0.3, -0.25) is 4.79 Å². The topological polar surface area (TPSA) is 66.9 Å². The summed E-state index contributed by atoms with van der Waals surface area (Å²) in [6, 6.07) is 13.6. The number of amides is 1. The predicted molar refractivity (Wildman–Crippen MR) is 104 cm³/mol. The first-order chi connectivity index (χ1) is 12.9. The van der Waals surface area contributed by atoms with Gasteiger partial charge in [0, 0.05) is 26.2 Å². The minimum atomic E-state index is -3.83. The van der Waals surface area contributed by atoms with Gasteiger partial charge in [-0.25, -0.2) is 8.42 Å². The monoisotopic (exact) mass is 428 g/mol. The molecule has 1 aliphatic rings. The first-order valence-electron chi connectivity index (χ1n) is 8.29. The minimum Gasteiger partial charge on any atom is -0.484 e. The van der Waals surface area contributed by atoms with E-state index in [1.54, 1.807) is 23.1 Å². The Morgan fingerprint density at radius 2 is 1.52 bits per heavy atom. The molecule has 1 heterocycles. The molecule has 0 atom stereocenters. The zero-order valence-electron chi connectivity index (χ0n) is 14.3. The number of hydrogen-bond acceptors (Lipinski definition) is 4. The molecule has 2 aromatic carbocycles. The third-order valence-corrected chi connectivity index (χ3v) is 7.07. The van der Waals surface area contributed by atoms with Crippen LogP contribution in [0.3, 0.4) is 0 Å². The van der Waals surface area contributed by atoms with Gasteiger partial charge in [-0.1, -0.05) is 47.5 Å². The van der Waals surface area contributed by atoms with Crippen LogP contribution in [0.25, 0.3) is 0 Å². The largest absolute Gasteiger partial charge is 0.484 e. The minimum absolute atomic E-state index is 0.0808. The number of halogens is 2. The predicted octanol–water partition coefficient (Wildman–Crippen LogP) is 2.91. The molecule has 0 bridgehead atoms. The van der Waals surface area contributed by atoms with Crippen molar-refractivity contribution >= 4 is 39.1 Å². The van der Waals surface area contributed by atoms with Gasteiger partial charge in [0.05, 0.1) is 10.0 Å². The van der Waals surface area contributed by atoms with E-state index in [-0.39, 0.29) is 53.6 Å². The van der Waals surface area contributed by atoms with Gasteiger partial charge >= 0.3 is 0 Å². The number of carbonyl (C=O) groups excluding carboxylic acids is 1. The second kappa shape index (κ2) is 8.48. The van der Waals surface area contributed by atoms with Crippen molar-refractivity contribution in [2.75, 3.05) is 32.8 Å². The van der Waals surface area contributed by atoms with Gasteiger partial charge in [-0.15, -0.1) is 0 Å². The highest BCUT2D eigenvalue weighted by atomic mass is 35.5. The fourth-order valence-corrected chi connectivity index (χ4v) is 5.30. The van der Waals surface area contributed by atoms with E-state index in [1.807, 2.05) is 18.2 Å². The molecule has 0 unspecified atom stereocenters. The van der Waals surface area contributed by atoms with E-state index in [0.717, 1.165) is 0 Å². The summed E-state index contributed by atoms with van der Waals surface area (Å²) in [5.41, 5.74) is 0. The maximum absolute atomic E-state index is 12.8. The molecular weight excluding hydrogens is 411 g/mol. The quantitative estimate of drug-likeness (QED) is 0.733. The molecular formula is C18H18Cl2N2O4S. The Balaban J connectivity index is 1.60. The van der Waals surface area contributed by atoms with Crippen molar-refractivity contribution < 1.29 is 17.9 Å². The highest BCUT2D eigenvalue weighted by Crippen LogP contribution is 2.31. The molecule has 2 aromatic rings. The lowest BCUT2D eigenvalue weighted by molar-refractivity contribution is -0.134. The molecule has 1 saturated heterocycles. The van der Waals surface area contributed by atoms with Crippen LogP contribution < -0.4 is 4.74 Å². The first-order valence-corrected chi connectivity index (χ1v) is 10.5. The van der Waals surface area contributed by atoms with Crippen LogP contribution in [0, 0.1) is 0 Å². The Morgan fingerprint density at radius 3 is 2.11 bits per heavy atom. The number of benzene rings is 2. The maximum atomic E-state index is 12.8. The summed E-state index contributed by atoms with van der Waals surface area (Å²) in [5.74, 6) is 0.423. The molecule has 0 N–H and O–H groups in total. The van der Waals surface area contributed by atoms with Crippen molar-refractivity contribution in [1.29, 1.82) is 0 Å². The van der Waals surface area contributed by atoms with Gasteiger partial charge in [0.1, 0.15) is 10.6 Å². The summed E-state index contributed by atoms with van der Waals surface area (Å²) >= 11 is 12.1. The van der Waals surface area contributed by atoms with E-state index in [1.165, 1.54) is 16.4 Å². The molecule has 144 valence electrons. The molecule has 1 amide bonds. The number of rotatable bonds is 5. The average molecular weight is 429 g/mol. The Bertz CT molecular complexity index is 894. The number of piperazine rings is 1. The number of nitrogens with zero attached hydrogens (tertiary/aromatic N) is 2. The van der Waals surface area contributed by atoms with Crippen LogP contribution in [-0.2, 0) is 14.8 Å². The van der Waals surface area contributed by atoms with Crippen LogP contribution in [0.15, 0.2) is 53.4 Å². The summed E-state index contributed by atoms with van der Waals surface area (Å²) in [7, 11) is -3.83. The van der Waals surface area contributed by atoms with Crippen LogP contribution in [0.1, 0.15) is 0 Å². The highest BCUT2D eigenvalue weighted by Gasteiger charge is 2.33. The van der Waals surface area contributed by atoms with E-state index in [0.29, 0.717) is 5.75 Å². The number of sulfonamides is 1. The third kappa shape index (κ3) is 4.55. The molecule has 1 aliphatic heterocycles. The first kappa shape index (κ1) is 19.9. The number of hydrogen-bond donors (Lipinski definition) is 0. The molecule has 6 nitrogen and oxygen atoms in total. The standard InChI is InChI=1S/C18H18Cl2N2O4S/c19-15-7-4-8-16(20)18(15)27(24,25)22-11-9-21(10-12-22)17(23)13-26-14-5-2-1-3-6-14/h1-8H,9-13H2. The highest BCUT2D eigenvalue weighted by molar-refractivity contribution is 7.89. The van der Waals surface area contributed by atoms with E-state index in [2.05, 4.69) is 0 Å². The average Bonchev–Trinajstić information content (AvgIpc) is 2.67. The normalized spacial score (nSPS) is 15.6. The van der Waals surface area contributed by atoms with Crippen molar-refractivity contribution in [2.45, 2.75) is 4.90 Å². The van der Waals surface area contributed by atoms with Gasteiger partial charge in [0.25, 0.3) is 5.91 Å². The zero-order chi connectivity index (χ0) is 19.4. The van der Waals surface area contributed by atoms with Crippen LogP contribution in [0.5, 0.6) is 5.75 Å². The fourth-order valence-electron chi connectivity index (χ4n) is 2.79. The SMILES string of the molecule is O=C(COc1ccccc1)N1CCN(S(=O)(=O)c2c(Cl)cccc2Cl)CC1. The summed E-state index contributed by atoms with van der Waals surface area (Å²) in [4.78, 5) is 13.8. The molecule has 0 spiro atoms. The van der Waals surface area contributed by atoms with Crippen molar-refractivity contribution in [3.8, 4) is 5.75 Å². The smallest absolute Gasteiger partial charge is 0.260 e. The summed E-state index contributed by atoms with van der Waals surface area (Å²) in [6.45, 7) is 0.797. The molecule has 0 aliphatic carbocycles. The Hall–Kier alpha value is -1.80. The maximum Gasteiger partial charge on any atom is 0.260 e. The summed E-state index contributed by atoms with van der Waals surface area (Å²) in [5, 5.41) is 0.162. The zero-order valence-corrected chi connectivity index (χ0v) is 16.7. The number of ether oxygens (including phenoxy) is 1. The molecule has 0 saturated carbocycles. The van der Waals surface area contributed by atoms with Crippen LogP contribution in [-0.4, -0.2) is 56.3 Å². The lowest BCUT2D eigenvalue weighted by Crippen LogP contribution is -2.51. The van der Waals surface area contributed by atoms with Crippen molar-refractivity contribution in [1.82, 2.24) is 9.21 Å². The van der Waals surface area contributed by atoms with E-state index in [9.17, 15) is 13.2 Å². The van der Waals surface area contributed by atoms with Gasteiger partial charge < -0.3 is 9.64 Å². The molecule has 0 radical (unpaired) electrons. The van der Waals surface area contributed by atoms with Crippen LogP contribution in [0.2, 0.25) is 10.0 Å². The van der Waals surface area contributed by atoms with Crippen molar-refractivity contribution in [3.63, 3.8) is 0 Å². The molecule has 1 fully saturated rings. The lowest BCUT2D eigenvalue weighted by atomic mass is 10.3. The van der Waals surface area contributed by atoms with Gasteiger partial charge in [0.2, 0.25) is 10.0 Å². The summed E-state index contributed by atoms with van der Waals surface area (Å²) < 4.78 is 32.4. The van der Waals surface area contributed by atoms with Crippen molar-refractivity contribution in [2.24, 2.45) is 0 Å². The molecule has 27 heavy (non-hydrogen) atoms. The lowest BCUT2D eigenvalue weighted by Gasteiger charge is -2.34. The fraction of sp³-hybridized carbons (Fsp3) is 0.278. The van der Waals surface area contributed by atoms with E-state index < -0.39 is 10.0 Å². The molecule has 3 rings (SSSR count). The Morgan fingerprint density at radius 1 is 0.926 bits per heavy atom. The number of para-hydroxylation sites is 1. The van der Waals surface area contributed by atoms with Gasteiger partial charge in [0.15, 0.2) is 6.61 Å². The second-order valence-corrected chi connectivity index (χ2v) is 8.63. The molecule has 9 heteroatoms. The van der Waals surface area contributed by atoms with Crippen LogP contribution in [0.4, 0.5) is 0 Å². The second-order valence-electron chi connectivity index (χ2n) is 5.94. The Kier molecular flexibility index (Phi) is 6.26. The van der Waals surface area contributed by atoms with E-state index >= 15 is 0 Å². The van der Waals surface area contributed by atoms with Crippen LogP contribution >= 0.6 is 23.2 Å². The number of carbonyl (C=O) groups is 1.